The van der Waals surface area contributed by atoms with Crippen LogP contribution in [0.1, 0.15) is 30.2 Å². The van der Waals surface area contributed by atoms with Gasteiger partial charge in [0.25, 0.3) is 0 Å². The van der Waals surface area contributed by atoms with Crippen LogP contribution in [0.3, 0.4) is 0 Å². The van der Waals surface area contributed by atoms with E-state index in [1.54, 1.807) is 11.3 Å². The number of carbonyl (C=O) groups is 1. The quantitative estimate of drug-likeness (QED) is 0.706. The molecule has 3 heterocycles. The number of thiophene rings is 1. The lowest BCUT2D eigenvalue weighted by atomic mass is 9.95. The Balaban J connectivity index is 1.48. The molecule has 2 aromatic rings. The molecule has 0 aliphatic carbocycles. The molecule has 1 aromatic heterocycles. The summed E-state index contributed by atoms with van der Waals surface area (Å²) in [5, 5.41) is 2.05. The molecule has 1 amide bonds. The highest BCUT2D eigenvalue weighted by Gasteiger charge is 2.32. The normalized spacial score (nSPS) is 21.0. The van der Waals surface area contributed by atoms with Crippen LogP contribution >= 0.6 is 11.3 Å². The van der Waals surface area contributed by atoms with E-state index in [9.17, 15) is 4.79 Å². The van der Waals surface area contributed by atoms with Crippen LogP contribution in [-0.4, -0.2) is 43.3 Å². The Morgan fingerprint density at radius 2 is 2.29 bits per heavy atom. The third kappa shape index (κ3) is 4.50. The van der Waals surface area contributed by atoms with Gasteiger partial charge < -0.3 is 19.1 Å². The Hall–Kier alpha value is -2.05. The van der Waals surface area contributed by atoms with E-state index in [0.717, 1.165) is 36.5 Å². The summed E-state index contributed by atoms with van der Waals surface area (Å²) in [6.45, 7) is 5.10. The largest absolute Gasteiger partial charge is 0.494 e. The van der Waals surface area contributed by atoms with E-state index in [1.165, 1.54) is 4.88 Å². The van der Waals surface area contributed by atoms with E-state index in [1.807, 2.05) is 36.1 Å². The highest BCUT2D eigenvalue weighted by molar-refractivity contribution is 7.09. The Morgan fingerprint density at radius 1 is 1.36 bits per heavy atom. The van der Waals surface area contributed by atoms with Crippen LogP contribution in [0.5, 0.6) is 11.5 Å². The van der Waals surface area contributed by atoms with E-state index in [4.69, 9.17) is 14.2 Å². The maximum Gasteiger partial charge on any atom is 0.229 e. The van der Waals surface area contributed by atoms with Gasteiger partial charge in [-0.1, -0.05) is 6.07 Å². The number of carbonyl (C=O) groups excluding carboxylic acids is 1. The van der Waals surface area contributed by atoms with Crippen molar-refractivity contribution in [3.63, 3.8) is 0 Å². The van der Waals surface area contributed by atoms with Crippen molar-refractivity contribution in [3.8, 4) is 11.5 Å². The Kier molecular flexibility index (Phi) is 6.17. The second-order valence-electron chi connectivity index (χ2n) is 7.35. The van der Waals surface area contributed by atoms with E-state index in [-0.39, 0.29) is 17.9 Å². The second-order valence-corrected chi connectivity index (χ2v) is 8.38. The van der Waals surface area contributed by atoms with E-state index >= 15 is 0 Å². The van der Waals surface area contributed by atoms with Crippen molar-refractivity contribution >= 4 is 17.2 Å². The molecule has 0 spiro atoms. The Morgan fingerprint density at radius 3 is 3.04 bits per heavy atom. The van der Waals surface area contributed by atoms with E-state index in [0.29, 0.717) is 32.7 Å². The monoisotopic (exact) mass is 401 g/mol. The molecular weight excluding hydrogens is 374 g/mol. The van der Waals surface area contributed by atoms with E-state index in [2.05, 4.69) is 11.4 Å². The van der Waals surface area contributed by atoms with Crippen molar-refractivity contribution < 1.29 is 19.0 Å². The van der Waals surface area contributed by atoms with Gasteiger partial charge in [-0.2, -0.15) is 0 Å². The zero-order valence-corrected chi connectivity index (χ0v) is 17.1. The minimum Gasteiger partial charge on any atom is -0.494 e. The van der Waals surface area contributed by atoms with Crippen LogP contribution in [0, 0.1) is 5.92 Å². The summed E-state index contributed by atoms with van der Waals surface area (Å²) in [6.07, 6.45) is 2.92. The van der Waals surface area contributed by atoms with Crippen molar-refractivity contribution in [2.75, 3.05) is 26.4 Å². The van der Waals surface area contributed by atoms with Gasteiger partial charge >= 0.3 is 0 Å². The summed E-state index contributed by atoms with van der Waals surface area (Å²) in [6, 6.07) is 9.98. The summed E-state index contributed by atoms with van der Waals surface area (Å²) in [7, 11) is 0. The molecule has 0 saturated carbocycles. The van der Waals surface area contributed by atoms with Crippen LogP contribution < -0.4 is 9.47 Å². The Bertz CT molecular complexity index is 786. The molecule has 150 valence electrons. The van der Waals surface area contributed by atoms with Gasteiger partial charge in [0, 0.05) is 18.0 Å². The van der Waals surface area contributed by atoms with Gasteiger partial charge in [0.2, 0.25) is 5.91 Å². The summed E-state index contributed by atoms with van der Waals surface area (Å²) >= 11 is 1.69. The summed E-state index contributed by atoms with van der Waals surface area (Å²) in [5.74, 6) is 1.66. The average Bonchev–Trinajstić information content (AvgIpc) is 3.41. The molecule has 0 radical (unpaired) electrons. The fourth-order valence-corrected chi connectivity index (χ4v) is 4.62. The number of hydrogen-bond acceptors (Lipinski definition) is 5. The molecule has 1 fully saturated rings. The molecule has 0 bridgehead atoms. The fourth-order valence-electron chi connectivity index (χ4n) is 3.90. The molecule has 2 unspecified atom stereocenters. The van der Waals surface area contributed by atoms with Crippen LogP contribution in [0.4, 0.5) is 0 Å². The molecule has 2 atom stereocenters. The van der Waals surface area contributed by atoms with Crippen LogP contribution in [0.2, 0.25) is 0 Å². The Labute approximate surface area is 170 Å². The molecule has 2 aliphatic heterocycles. The molecule has 0 N–H and O–H groups in total. The number of fused-ring (bicyclic) bond motifs is 1. The number of rotatable bonds is 7. The van der Waals surface area contributed by atoms with Gasteiger partial charge in [-0.05, 0) is 61.4 Å². The average molecular weight is 402 g/mol. The molecule has 4 rings (SSSR count). The highest BCUT2D eigenvalue weighted by atomic mass is 32.1. The van der Waals surface area contributed by atoms with Gasteiger partial charge in [0.15, 0.2) is 0 Å². The number of hydrogen-bond donors (Lipinski definition) is 0. The molecule has 2 aliphatic rings. The van der Waals surface area contributed by atoms with Gasteiger partial charge in [-0.25, -0.2) is 0 Å². The predicted octanol–water partition coefficient (Wildman–Crippen LogP) is 3.91. The number of ether oxygens (including phenoxy) is 3. The number of benzene rings is 1. The molecule has 1 aromatic carbocycles. The third-order valence-corrected chi connectivity index (χ3v) is 6.15. The summed E-state index contributed by atoms with van der Waals surface area (Å²) < 4.78 is 17.3. The number of nitrogens with zero attached hydrogens (tertiary/aromatic N) is 1. The first kappa shape index (κ1) is 19.3. The fraction of sp³-hybridized carbons (Fsp3) is 0.500. The number of amides is 1. The zero-order valence-electron chi connectivity index (χ0n) is 16.3. The first-order chi connectivity index (χ1) is 13.7. The lowest BCUT2D eigenvalue weighted by Gasteiger charge is -2.31. The van der Waals surface area contributed by atoms with Crippen LogP contribution in [0.25, 0.3) is 0 Å². The smallest absolute Gasteiger partial charge is 0.229 e. The van der Waals surface area contributed by atoms with Gasteiger partial charge in [-0.3, -0.25) is 4.79 Å². The zero-order chi connectivity index (χ0) is 19.3. The van der Waals surface area contributed by atoms with Crippen molar-refractivity contribution in [1.29, 1.82) is 0 Å². The first-order valence-corrected chi connectivity index (χ1v) is 10.9. The lowest BCUT2D eigenvalue weighted by Crippen LogP contribution is -2.43. The van der Waals surface area contributed by atoms with E-state index < -0.39 is 0 Å². The van der Waals surface area contributed by atoms with Crippen molar-refractivity contribution in [1.82, 2.24) is 4.90 Å². The van der Waals surface area contributed by atoms with Gasteiger partial charge in [0.05, 0.1) is 25.2 Å². The third-order valence-electron chi connectivity index (χ3n) is 5.29. The van der Waals surface area contributed by atoms with Crippen molar-refractivity contribution in [3.05, 3.63) is 46.2 Å². The second kappa shape index (κ2) is 8.97. The topological polar surface area (TPSA) is 48.0 Å². The van der Waals surface area contributed by atoms with Gasteiger partial charge in [0.1, 0.15) is 18.1 Å². The minimum absolute atomic E-state index is 0.144. The molecule has 6 heteroatoms. The minimum atomic E-state index is -0.175. The van der Waals surface area contributed by atoms with Crippen LogP contribution in [0.15, 0.2) is 35.7 Å². The molecule has 1 saturated heterocycles. The standard InChI is InChI=1S/C22H27NO4S/c1-2-25-18-7-8-21-16(12-18)11-17(15-27-21)22(24)23(13-19-5-3-9-26-19)14-20-6-4-10-28-20/h4,6-8,10,12,17,19H,2-3,5,9,11,13-15H2,1H3. The van der Waals surface area contributed by atoms with Crippen LogP contribution in [-0.2, 0) is 22.5 Å². The molecular formula is C22H27NO4S. The summed E-state index contributed by atoms with van der Waals surface area (Å²) in [4.78, 5) is 16.6. The maximum absolute atomic E-state index is 13.4. The molecule has 28 heavy (non-hydrogen) atoms. The predicted molar refractivity (Wildman–Crippen MR) is 109 cm³/mol. The van der Waals surface area contributed by atoms with Gasteiger partial charge in [-0.15, -0.1) is 11.3 Å². The lowest BCUT2D eigenvalue weighted by molar-refractivity contribution is -0.139. The maximum atomic E-state index is 13.4. The SMILES string of the molecule is CCOc1ccc2c(c1)CC(C(=O)N(Cc1cccs1)CC1CCCO1)CO2. The van der Waals surface area contributed by atoms with Crippen molar-refractivity contribution in [2.45, 2.75) is 38.8 Å². The first-order valence-electron chi connectivity index (χ1n) is 10.0. The summed E-state index contributed by atoms with van der Waals surface area (Å²) in [5.41, 5.74) is 1.05. The molecule has 5 nitrogen and oxygen atoms in total. The highest BCUT2D eigenvalue weighted by Crippen LogP contribution is 2.32. The van der Waals surface area contributed by atoms with Crippen molar-refractivity contribution in [2.24, 2.45) is 5.92 Å².